The molecule has 4 N–H and O–H groups in total. The van der Waals surface area contributed by atoms with E-state index < -0.39 is 36.5 Å². The van der Waals surface area contributed by atoms with E-state index in [0.717, 1.165) is 6.42 Å². The Kier molecular flexibility index (Phi) is 12.4. The van der Waals surface area contributed by atoms with Crippen molar-refractivity contribution in [2.45, 2.75) is 82.4 Å². The molecule has 1 aliphatic rings. The van der Waals surface area contributed by atoms with E-state index in [1.54, 1.807) is 12.2 Å². The molecule has 0 aromatic carbocycles. The molecule has 0 aromatic heterocycles. The highest BCUT2D eigenvalue weighted by molar-refractivity contribution is 5.66. The molecule has 0 aromatic rings. The molecule has 0 aliphatic carbocycles. The Morgan fingerprint density at radius 1 is 1.11 bits per heavy atom. The highest BCUT2D eigenvalue weighted by atomic mass is 16.5. The fourth-order valence-corrected chi connectivity index (χ4v) is 2.84. The molecule has 0 unspecified atom stereocenters. The lowest BCUT2D eigenvalue weighted by Crippen LogP contribution is -2.25. The van der Waals surface area contributed by atoms with Crippen LogP contribution < -0.4 is 0 Å². The van der Waals surface area contributed by atoms with Crippen LogP contribution in [0.25, 0.3) is 0 Å². The van der Waals surface area contributed by atoms with E-state index in [1.807, 2.05) is 43.4 Å². The minimum atomic E-state index is -0.805. The number of rotatable bonds is 13. The molecule has 0 spiro atoms. The van der Waals surface area contributed by atoms with Gasteiger partial charge in [0.05, 0.1) is 24.4 Å². The Bertz CT molecular complexity index is 551. The minimum absolute atomic E-state index is 0.131. The van der Waals surface area contributed by atoms with Crippen molar-refractivity contribution in [2.24, 2.45) is 0 Å². The summed E-state index contributed by atoms with van der Waals surface area (Å²) in [4.78, 5) is 10.4. The summed E-state index contributed by atoms with van der Waals surface area (Å²) in [5, 5.41) is 38.8. The van der Waals surface area contributed by atoms with Crippen LogP contribution >= 0.6 is 0 Å². The van der Waals surface area contributed by atoms with Gasteiger partial charge in [0, 0.05) is 12.8 Å². The third kappa shape index (κ3) is 10.6. The molecule has 1 saturated heterocycles. The first kappa shape index (κ1) is 24.3. The number of allylic oxidation sites excluding steroid dienone is 4. The number of aliphatic carboxylic acids is 1. The lowest BCUT2D eigenvalue weighted by Gasteiger charge is -2.16. The van der Waals surface area contributed by atoms with Crippen LogP contribution in [0, 0.1) is 0 Å². The maximum absolute atomic E-state index is 10.4. The number of carboxylic acids is 1. The summed E-state index contributed by atoms with van der Waals surface area (Å²) in [6.45, 7) is 2.03. The van der Waals surface area contributed by atoms with Crippen LogP contribution in [0.15, 0.2) is 48.6 Å². The van der Waals surface area contributed by atoms with Crippen LogP contribution in [0.3, 0.4) is 0 Å². The summed E-state index contributed by atoms with van der Waals surface area (Å²) < 4.78 is 5.71. The molecule has 1 rings (SSSR count). The Labute approximate surface area is 167 Å². The van der Waals surface area contributed by atoms with E-state index in [0.29, 0.717) is 32.1 Å². The van der Waals surface area contributed by atoms with E-state index in [1.165, 1.54) is 0 Å². The number of ether oxygens (including phenoxy) is 1. The van der Waals surface area contributed by atoms with E-state index in [4.69, 9.17) is 9.84 Å². The molecular weight excluding hydrogens is 360 g/mol. The van der Waals surface area contributed by atoms with E-state index in [-0.39, 0.29) is 6.42 Å². The molecule has 0 bridgehead atoms. The number of carbonyl (C=O) groups is 1. The molecule has 28 heavy (non-hydrogen) atoms. The molecule has 5 atom stereocenters. The van der Waals surface area contributed by atoms with Gasteiger partial charge in [-0.25, -0.2) is 0 Å². The van der Waals surface area contributed by atoms with Gasteiger partial charge in [0.2, 0.25) is 0 Å². The smallest absolute Gasteiger partial charge is 0.303 e. The maximum atomic E-state index is 10.4. The second-order valence-corrected chi connectivity index (χ2v) is 6.92. The van der Waals surface area contributed by atoms with Crippen molar-refractivity contribution in [3.8, 4) is 0 Å². The maximum Gasteiger partial charge on any atom is 0.303 e. The van der Waals surface area contributed by atoms with Crippen LogP contribution in [0.2, 0.25) is 0 Å². The predicted molar refractivity (Wildman–Crippen MR) is 109 cm³/mol. The third-order valence-electron chi connectivity index (χ3n) is 4.42. The lowest BCUT2D eigenvalue weighted by atomic mass is 10.0. The van der Waals surface area contributed by atoms with Crippen molar-refractivity contribution in [3.05, 3.63) is 48.6 Å². The zero-order chi connectivity index (χ0) is 20.8. The molecule has 1 aliphatic heterocycles. The molecule has 1 fully saturated rings. The molecule has 158 valence electrons. The van der Waals surface area contributed by atoms with Gasteiger partial charge in [0.25, 0.3) is 0 Å². The van der Waals surface area contributed by atoms with Crippen molar-refractivity contribution in [2.75, 3.05) is 0 Å². The highest BCUT2D eigenvalue weighted by Gasteiger charge is 2.35. The Morgan fingerprint density at radius 3 is 2.54 bits per heavy atom. The van der Waals surface area contributed by atoms with Gasteiger partial charge in [0.1, 0.15) is 6.10 Å². The largest absolute Gasteiger partial charge is 0.481 e. The van der Waals surface area contributed by atoms with Crippen molar-refractivity contribution in [3.63, 3.8) is 0 Å². The fourth-order valence-electron chi connectivity index (χ4n) is 2.84. The van der Waals surface area contributed by atoms with Crippen molar-refractivity contribution >= 4 is 5.97 Å². The molecule has 0 amide bonds. The number of hydrogen-bond acceptors (Lipinski definition) is 5. The number of carboxylic acid groups (broad SMARTS) is 1. The second-order valence-electron chi connectivity index (χ2n) is 6.92. The fraction of sp³-hybridized carbons (Fsp3) is 0.591. The number of hydrogen-bond donors (Lipinski definition) is 4. The quantitative estimate of drug-likeness (QED) is 0.358. The molecule has 1 heterocycles. The summed E-state index contributed by atoms with van der Waals surface area (Å²) in [7, 11) is 0. The minimum Gasteiger partial charge on any atom is -0.481 e. The average molecular weight is 395 g/mol. The number of aliphatic hydroxyl groups excluding tert-OH is 3. The normalized spacial score (nSPS) is 25.5. The van der Waals surface area contributed by atoms with Crippen molar-refractivity contribution in [1.82, 2.24) is 0 Å². The van der Waals surface area contributed by atoms with Crippen LogP contribution in [0.4, 0.5) is 0 Å². The molecular formula is C22H34O6. The summed E-state index contributed by atoms with van der Waals surface area (Å²) in [6, 6.07) is 0. The summed E-state index contributed by atoms with van der Waals surface area (Å²) in [5.41, 5.74) is 0. The average Bonchev–Trinajstić information content (AvgIpc) is 3.03. The molecule has 6 heteroatoms. The van der Waals surface area contributed by atoms with Gasteiger partial charge in [-0.1, -0.05) is 55.5 Å². The van der Waals surface area contributed by atoms with Crippen molar-refractivity contribution < 1.29 is 30.0 Å². The zero-order valence-electron chi connectivity index (χ0n) is 16.6. The SMILES string of the molecule is CC/C=C\C[C@H](O)[C@H]1C[C@H](O)[C@@H](/C=C/[C@@H](O)C/C=C\C/C=C\CCC(=O)O)O1. The standard InChI is InChI=1S/C22H34O6/c1-2-3-8-12-18(24)21-16-19(25)20(28-21)15-14-17(23)11-9-6-4-5-7-10-13-22(26)27/h3,5-9,14-15,17-21,23-25H,2,4,10-13,16H2,1H3,(H,26,27)/b7-5-,8-3-,9-6-,15-14+/t17-,18-,19-,20+,21+/m0/s1. The van der Waals surface area contributed by atoms with Crippen LogP contribution in [0.5, 0.6) is 0 Å². The monoisotopic (exact) mass is 394 g/mol. The Morgan fingerprint density at radius 2 is 1.82 bits per heavy atom. The van der Waals surface area contributed by atoms with Crippen LogP contribution in [-0.4, -0.2) is 56.9 Å². The van der Waals surface area contributed by atoms with Gasteiger partial charge >= 0.3 is 5.97 Å². The van der Waals surface area contributed by atoms with E-state index in [9.17, 15) is 20.1 Å². The zero-order valence-corrected chi connectivity index (χ0v) is 16.6. The first-order valence-electron chi connectivity index (χ1n) is 9.98. The van der Waals surface area contributed by atoms with Crippen molar-refractivity contribution in [1.29, 1.82) is 0 Å². The predicted octanol–water partition coefficient (Wildman–Crippen LogP) is 2.90. The summed E-state index contributed by atoms with van der Waals surface area (Å²) in [5.74, 6) is -0.805. The van der Waals surface area contributed by atoms with Crippen LogP contribution in [-0.2, 0) is 9.53 Å². The summed E-state index contributed by atoms with van der Waals surface area (Å²) in [6.07, 6.45) is 15.3. The topological polar surface area (TPSA) is 107 Å². The summed E-state index contributed by atoms with van der Waals surface area (Å²) >= 11 is 0. The number of aliphatic hydroxyl groups is 3. The van der Waals surface area contributed by atoms with Crippen LogP contribution in [0.1, 0.15) is 51.9 Å². The first-order chi connectivity index (χ1) is 13.4. The molecule has 6 nitrogen and oxygen atoms in total. The lowest BCUT2D eigenvalue weighted by molar-refractivity contribution is -0.136. The molecule has 0 saturated carbocycles. The van der Waals surface area contributed by atoms with Gasteiger partial charge < -0.3 is 25.2 Å². The second kappa shape index (κ2) is 14.3. The van der Waals surface area contributed by atoms with Gasteiger partial charge in [-0.2, -0.15) is 0 Å². The third-order valence-corrected chi connectivity index (χ3v) is 4.42. The van der Waals surface area contributed by atoms with Gasteiger partial charge in [-0.3, -0.25) is 4.79 Å². The first-order valence-corrected chi connectivity index (χ1v) is 9.98. The van der Waals surface area contributed by atoms with E-state index in [2.05, 4.69) is 0 Å². The van der Waals surface area contributed by atoms with Gasteiger partial charge in [-0.15, -0.1) is 0 Å². The van der Waals surface area contributed by atoms with Gasteiger partial charge in [-0.05, 0) is 32.1 Å². The Balaban J connectivity index is 2.29. The highest BCUT2D eigenvalue weighted by Crippen LogP contribution is 2.25. The molecule has 0 radical (unpaired) electrons. The Hall–Kier alpha value is -1.73. The van der Waals surface area contributed by atoms with Gasteiger partial charge in [0.15, 0.2) is 0 Å². The van der Waals surface area contributed by atoms with E-state index >= 15 is 0 Å².